The van der Waals surface area contributed by atoms with Gasteiger partial charge in [0.2, 0.25) is 0 Å². The monoisotopic (exact) mass is 282 g/mol. The average molecular weight is 282 g/mol. The smallest absolute Gasteiger partial charge is 0.0593 e. The first-order valence-electron chi connectivity index (χ1n) is 7.32. The van der Waals surface area contributed by atoms with E-state index in [0.717, 1.165) is 51.7 Å². The molecule has 0 spiro atoms. The van der Waals surface area contributed by atoms with Gasteiger partial charge in [0.25, 0.3) is 0 Å². The number of nitrogens with zero attached hydrogens (tertiary/aromatic N) is 1. The molecule has 1 saturated carbocycles. The van der Waals surface area contributed by atoms with E-state index >= 15 is 0 Å². The van der Waals surface area contributed by atoms with Crippen LogP contribution in [0.1, 0.15) is 18.4 Å². The molecule has 0 amide bonds. The second-order valence-electron chi connectivity index (χ2n) is 5.45. The van der Waals surface area contributed by atoms with Gasteiger partial charge in [0, 0.05) is 26.2 Å². The molecule has 0 aromatic carbocycles. The average Bonchev–Trinajstić information content (AvgIpc) is 3.09. The summed E-state index contributed by atoms with van der Waals surface area (Å²) in [5.41, 5.74) is 1.44. The van der Waals surface area contributed by atoms with Gasteiger partial charge >= 0.3 is 0 Å². The molecule has 19 heavy (non-hydrogen) atoms. The SMILES string of the molecule is CN(CCNCCc1ccsc1)CCOCC1CC1. The first kappa shape index (κ1) is 15.0. The van der Waals surface area contributed by atoms with E-state index in [9.17, 15) is 0 Å². The predicted octanol–water partition coefficient (Wildman–Crippen LogP) is 2.24. The minimum Gasteiger partial charge on any atom is -0.380 e. The summed E-state index contributed by atoms with van der Waals surface area (Å²) in [5.74, 6) is 0.879. The van der Waals surface area contributed by atoms with Crippen LogP contribution in [0.4, 0.5) is 0 Å². The maximum atomic E-state index is 5.64. The highest BCUT2D eigenvalue weighted by Gasteiger charge is 2.20. The van der Waals surface area contributed by atoms with Gasteiger partial charge in [-0.3, -0.25) is 0 Å². The van der Waals surface area contributed by atoms with Gasteiger partial charge in [-0.05, 0) is 61.2 Å². The van der Waals surface area contributed by atoms with E-state index in [2.05, 4.69) is 34.1 Å². The Hall–Kier alpha value is -0.420. The highest BCUT2D eigenvalue weighted by molar-refractivity contribution is 7.07. The lowest BCUT2D eigenvalue weighted by Gasteiger charge is -2.16. The Balaban J connectivity index is 1.37. The highest BCUT2D eigenvalue weighted by atomic mass is 32.1. The van der Waals surface area contributed by atoms with Crippen molar-refractivity contribution >= 4 is 11.3 Å². The van der Waals surface area contributed by atoms with Gasteiger partial charge in [0.05, 0.1) is 6.61 Å². The van der Waals surface area contributed by atoms with Gasteiger partial charge in [-0.2, -0.15) is 11.3 Å². The number of rotatable bonds is 11. The van der Waals surface area contributed by atoms with Crippen LogP contribution in [0, 0.1) is 5.92 Å². The van der Waals surface area contributed by atoms with Gasteiger partial charge in [0.1, 0.15) is 0 Å². The van der Waals surface area contributed by atoms with Crippen LogP contribution < -0.4 is 5.32 Å². The summed E-state index contributed by atoms with van der Waals surface area (Å²) < 4.78 is 5.64. The lowest BCUT2D eigenvalue weighted by molar-refractivity contribution is 0.104. The van der Waals surface area contributed by atoms with Gasteiger partial charge in [-0.15, -0.1) is 0 Å². The summed E-state index contributed by atoms with van der Waals surface area (Å²) in [6.07, 6.45) is 3.89. The molecule has 0 unspecified atom stereocenters. The van der Waals surface area contributed by atoms with Crippen molar-refractivity contribution in [3.05, 3.63) is 22.4 Å². The maximum absolute atomic E-state index is 5.64. The zero-order chi connectivity index (χ0) is 13.3. The fraction of sp³-hybridized carbons (Fsp3) is 0.733. The number of nitrogens with one attached hydrogen (secondary N) is 1. The van der Waals surface area contributed by atoms with Crippen LogP contribution in [-0.2, 0) is 11.2 Å². The molecule has 1 N–H and O–H groups in total. The van der Waals surface area contributed by atoms with E-state index in [1.54, 1.807) is 11.3 Å². The Morgan fingerprint density at radius 1 is 1.37 bits per heavy atom. The standard InChI is InChI=1S/C15H26N2OS/c1-17(9-10-18-12-14-2-3-14)8-7-16-6-4-15-5-11-19-13-15/h5,11,13-14,16H,2-4,6-10,12H2,1H3. The Labute approximate surface area is 121 Å². The van der Waals surface area contributed by atoms with E-state index in [-0.39, 0.29) is 0 Å². The minimum absolute atomic E-state index is 0.877. The molecular weight excluding hydrogens is 256 g/mol. The van der Waals surface area contributed by atoms with Crippen LogP contribution in [0.5, 0.6) is 0 Å². The summed E-state index contributed by atoms with van der Waals surface area (Å²) in [4.78, 5) is 2.34. The minimum atomic E-state index is 0.877. The van der Waals surface area contributed by atoms with Crippen LogP contribution >= 0.6 is 11.3 Å². The van der Waals surface area contributed by atoms with Crippen molar-refractivity contribution in [3.8, 4) is 0 Å². The van der Waals surface area contributed by atoms with Crippen molar-refractivity contribution in [2.45, 2.75) is 19.3 Å². The normalized spacial score (nSPS) is 15.3. The third kappa shape index (κ3) is 7.06. The molecular formula is C15H26N2OS. The zero-order valence-corrected chi connectivity index (χ0v) is 12.8. The molecule has 3 nitrogen and oxygen atoms in total. The maximum Gasteiger partial charge on any atom is 0.0593 e. The molecule has 108 valence electrons. The molecule has 1 aromatic rings. The Bertz CT molecular complexity index is 325. The third-order valence-electron chi connectivity index (χ3n) is 3.51. The molecule has 0 bridgehead atoms. The summed E-state index contributed by atoms with van der Waals surface area (Å²) in [5, 5.41) is 7.87. The number of thiophene rings is 1. The van der Waals surface area contributed by atoms with Crippen molar-refractivity contribution in [1.82, 2.24) is 10.2 Å². The molecule has 0 aliphatic heterocycles. The third-order valence-corrected chi connectivity index (χ3v) is 4.24. The zero-order valence-electron chi connectivity index (χ0n) is 11.9. The van der Waals surface area contributed by atoms with Crippen molar-refractivity contribution in [1.29, 1.82) is 0 Å². The highest BCUT2D eigenvalue weighted by Crippen LogP contribution is 2.28. The van der Waals surface area contributed by atoms with Crippen molar-refractivity contribution in [2.75, 3.05) is 46.4 Å². The number of likely N-dealkylation sites (N-methyl/N-ethyl adjacent to an activating group) is 1. The van der Waals surface area contributed by atoms with Crippen LogP contribution in [0.25, 0.3) is 0 Å². The van der Waals surface area contributed by atoms with E-state index in [1.807, 2.05) is 0 Å². The van der Waals surface area contributed by atoms with Crippen molar-refractivity contribution < 1.29 is 4.74 Å². The van der Waals surface area contributed by atoms with Crippen LogP contribution in [0.2, 0.25) is 0 Å². The van der Waals surface area contributed by atoms with Crippen molar-refractivity contribution in [2.24, 2.45) is 5.92 Å². The lowest BCUT2D eigenvalue weighted by Crippen LogP contribution is -2.32. The molecule has 2 rings (SSSR count). The molecule has 1 heterocycles. The molecule has 4 heteroatoms. The second kappa shape index (κ2) is 8.69. The fourth-order valence-corrected chi connectivity index (χ4v) is 2.63. The topological polar surface area (TPSA) is 24.5 Å². The van der Waals surface area contributed by atoms with Gasteiger partial charge in [-0.25, -0.2) is 0 Å². The fourth-order valence-electron chi connectivity index (χ4n) is 1.93. The van der Waals surface area contributed by atoms with Crippen LogP contribution in [-0.4, -0.2) is 51.3 Å². The summed E-state index contributed by atoms with van der Waals surface area (Å²) >= 11 is 1.78. The van der Waals surface area contributed by atoms with Crippen LogP contribution in [0.15, 0.2) is 16.8 Å². The van der Waals surface area contributed by atoms with E-state index in [1.165, 1.54) is 18.4 Å². The largest absolute Gasteiger partial charge is 0.380 e. The molecule has 1 aliphatic carbocycles. The molecule has 1 aliphatic rings. The van der Waals surface area contributed by atoms with Gasteiger partial charge in [0.15, 0.2) is 0 Å². The first-order chi connectivity index (χ1) is 9.34. The van der Waals surface area contributed by atoms with E-state index < -0.39 is 0 Å². The summed E-state index contributed by atoms with van der Waals surface area (Å²) in [6.45, 7) is 6.12. The Kier molecular flexibility index (Phi) is 6.85. The van der Waals surface area contributed by atoms with Gasteiger partial charge in [-0.1, -0.05) is 0 Å². The van der Waals surface area contributed by atoms with E-state index in [4.69, 9.17) is 4.74 Å². The van der Waals surface area contributed by atoms with Crippen molar-refractivity contribution in [3.63, 3.8) is 0 Å². The molecule has 0 saturated heterocycles. The second-order valence-corrected chi connectivity index (χ2v) is 6.23. The number of ether oxygens (including phenoxy) is 1. The van der Waals surface area contributed by atoms with Crippen LogP contribution in [0.3, 0.4) is 0 Å². The number of hydrogen-bond acceptors (Lipinski definition) is 4. The molecule has 1 aromatic heterocycles. The Morgan fingerprint density at radius 3 is 3.00 bits per heavy atom. The van der Waals surface area contributed by atoms with Gasteiger partial charge < -0.3 is 15.0 Å². The molecule has 1 fully saturated rings. The summed E-state index contributed by atoms with van der Waals surface area (Å²) in [6, 6.07) is 2.20. The number of hydrogen-bond donors (Lipinski definition) is 1. The Morgan fingerprint density at radius 2 is 2.26 bits per heavy atom. The molecule has 0 radical (unpaired) electrons. The quantitative estimate of drug-likeness (QED) is 0.630. The summed E-state index contributed by atoms with van der Waals surface area (Å²) in [7, 11) is 2.17. The first-order valence-corrected chi connectivity index (χ1v) is 8.27. The lowest BCUT2D eigenvalue weighted by atomic mass is 10.2. The predicted molar refractivity (Wildman–Crippen MR) is 81.9 cm³/mol. The van der Waals surface area contributed by atoms with E-state index in [0.29, 0.717) is 0 Å². The molecule has 0 atom stereocenters.